The Hall–Kier alpha value is -2.25. The maximum Gasteiger partial charge on any atom is 0.406 e. The highest BCUT2D eigenvalue weighted by Crippen LogP contribution is 2.24. The predicted molar refractivity (Wildman–Crippen MR) is 91.1 cm³/mol. The van der Waals surface area contributed by atoms with Crippen molar-refractivity contribution in [1.82, 2.24) is 4.90 Å². The molecule has 1 saturated heterocycles. The summed E-state index contributed by atoms with van der Waals surface area (Å²) in [5.74, 6) is -0.265. The van der Waals surface area contributed by atoms with Crippen LogP contribution >= 0.6 is 0 Å². The summed E-state index contributed by atoms with van der Waals surface area (Å²) in [4.78, 5) is 26.2. The standard InChI is InChI=1S/C18H23F3N2O3/c1-2-3-10-22(13-18(19,20)21)17(25)12-26-15-8-6-14(7-9-15)23-11-4-5-16(23)24/h6-9H,2-5,10-13H2,1H3. The third-order valence-electron chi connectivity index (χ3n) is 4.09. The van der Waals surface area contributed by atoms with Crippen molar-refractivity contribution in [2.24, 2.45) is 0 Å². The Balaban J connectivity index is 1.91. The van der Waals surface area contributed by atoms with Gasteiger partial charge in [-0.25, -0.2) is 0 Å². The van der Waals surface area contributed by atoms with Gasteiger partial charge >= 0.3 is 6.18 Å². The average molecular weight is 372 g/mol. The number of hydrogen-bond donors (Lipinski definition) is 0. The normalized spacial score (nSPS) is 14.6. The Morgan fingerprint density at radius 3 is 2.50 bits per heavy atom. The highest BCUT2D eigenvalue weighted by Gasteiger charge is 2.32. The van der Waals surface area contributed by atoms with E-state index in [2.05, 4.69) is 0 Å². The lowest BCUT2D eigenvalue weighted by Crippen LogP contribution is -2.42. The first-order chi connectivity index (χ1) is 12.3. The van der Waals surface area contributed by atoms with E-state index in [-0.39, 0.29) is 12.5 Å². The van der Waals surface area contributed by atoms with E-state index < -0.39 is 25.2 Å². The molecule has 2 amide bonds. The van der Waals surface area contributed by atoms with Crippen LogP contribution in [0, 0.1) is 0 Å². The summed E-state index contributed by atoms with van der Waals surface area (Å²) in [6.07, 6.45) is -1.90. The molecule has 1 fully saturated rings. The topological polar surface area (TPSA) is 49.9 Å². The zero-order chi connectivity index (χ0) is 19.2. The van der Waals surface area contributed by atoms with Crippen LogP contribution in [-0.4, -0.2) is 49.1 Å². The van der Waals surface area contributed by atoms with Crippen molar-refractivity contribution in [3.63, 3.8) is 0 Å². The molecule has 8 heteroatoms. The van der Waals surface area contributed by atoms with Crippen LogP contribution < -0.4 is 9.64 Å². The van der Waals surface area contributed by atoms with Gasteiger partial charge in [0.15, 0.2) is 6.61 Å². The summed E-state index contributed by atoms with van der Waals surface area (Å²) in [5, 5.41) is 0. The zero-order valence-corrected chi connectivity index (χ0v) is 14.7. The Labute approximate surface area is 150 Å². The molecular formula is C18H23F3N2O3. The predicted octanol–water partition coefficient (Wildman–Crippen LogP) is 3.38. The number of alkyl halides is 3. The van der Waals surface area contributed by atoms with E-state index in [0.29, 0.717) is 31.6 Å². The number of benzene rings is 1. The number of amides is 2. The van der Waals surface area contributed by atoms with Crippen LogP contribution in [-0.2, 0) is 9.59 Å². The number of ether oxygens (including phenoxy) is 1. The minimum Gasteiger partial charge on any atom is -0.484 e. The molecule has 0 N–H and O–H groups in total. The summed E-state index contributed by atoms with van der Waals surface area (Å²) in [6, 6.07) is 6.61. The van der Waals surface area contributed by atoms with Gasteiger partial charge < -0.3 is 14.5 Å². The van der Waals surface area contributed by atoms with E-state index in [1.165, 1.54) is 0 Å². The molecular weight excluding hydrogens is 349 g/mol. The smallest absolute Gasteiger partial charge is 0.406 e. The van der Waals surface area contributed by atoms with Crippen molar-refractivity contribution in [3.8, 4) is 5.75 Å². The zero-order valence-electron chi connectivity index (χ0n) is 14.7. The number of anilines is 1. The van der Waals surface area contributed by atoms with Gasteiger partial charge in [0.2, 0.25) is 5.91 Å². The first-order valence-corrected chi connectivity index (χ1v) is 8.68. The van der Waals surface area contributed by atoms with Gasteiger partial charge in [-0.3, -0.25) is 9.59 Å². The third kappa shape index (κ3) is 5.93. The van der Waals surface area contributed by atoms with Gasteiger partial charge in [0, 0.05) is 25.2 Å². The second kappa shape index (κ2) is 8.91. The molecule has 1 heterocycles. The molecule has 0 atom stereocenters. The summed E-state index contributed by atoms with van der Waals surface area (Å²) in [6.45, 7) is 0.835. The third-order valence-corrected chi connectivity index (χ3v) is 4.09. The molecule has 1 aromatic rings. The largest absolute Gasteiger partial charge is 0.484 e. The van der Waals surface area contributed by atoms with Crippen LogP contribution in [0.4, 0.5) is 18.9 Å². The van der Waals surface area contributed by atoms with Crippen molar-refractivity contribution in [3.05, 3.63) is 24.3 Å². The summed E-state index contributed by atoms with van der Waals surface area (Å²) < 4.78 is 43.2. The Kier molecular flexibility index (Phi) is 6.88. The molecule has 0 bridgehead atoms. The first-order valence-electron chi connectivity index (χ1n) is 8.68. The molecule has 0 aliphatic carbocycles. The number of rotatable bonds is 8. The van der Waals surface area contributed by atoms with Crippen molar-refractivity contribution in [1.29, 1.82) is 0 Å². The second-order valence-corrected chi connectivity index (χ2v) is 6.22. The van der Waals surface area contributed by atoms with E-state index >= 15 is 0 Å². The highest BCUT2D eigenvalue weighted by molar-refractivity contribution is 5.95. The molecule has 5 nitrogen and oxygen atoms in total. The maximum absolute atomic E-state index is 12.6. The second-order valence-electron chi connectivity index (χ2n) is 6.22. The molecule has 0 radical (unpaired) electrons. The van der Waals surface area contributed by atoms with Gasteiger partial charge in [-0.2, -0.15) is 13.2 Å². The fourth-order valence-corrected chi connectivity index (χ4v) is 2.74. The van der Waals surface area contributed by atoms with Crippen molar-refractivity contribution in [2.75, 3.05) is 31.1 Å². The molecule has 26 heavy (non-hydrogen) atoms. The summed E-state index contributed by atoms with van der Waals surface area (Å²) in [5.41, 5.74) is 0.743. The lowest BCUT2D eigenvalue weighted by Gasteiger charge is -2.24. The van der Waals surface area contributed by atoms with E-state index in [4.69, 9.17) is 4.74 Å². The minimum absolute atomic E-state index is 0.0498. The quantitative estimate of drug-likeness (QED) is 0.703. The maximum atomic E-state index is 12.6. The number of carbonyl (C=O) groups excluding carboxylic acids is 2. The molecule has 0 aromatic heterocycles. The van der Waals surface area contributed by atoms with Crippen LogP contribution in [0.3, 0.4) is 0 Å². The molecule has 1 aliphatic rings. The van der Waals surface area contributed by atoms with Gasteiger partial charge in [-0.15, -0.1) is 0 Å². The monoisotopic (exact) mass is 372 g/mol. The van der Waals surface area contributed by atoms with Gasteiger partial charge in [-0.05, 0) is 37.1 Å². The average Bonchev–Trinajstić information content (AvgIpc) is 3.02. The molecule has 0 spiro atoms. The number of unbranched alkanes of at least 4 members (excludes halogenated alkanes) is 1. The molecule has 1 aromatic carbocycles. The first kappa shape index (κ1) is 20.1. The molecule has 1 aliphatic heterocycles. The van der Waals surface area contributed by atoms with Gasteiger partial charge in [0.1, 0.15) is 12.3 Å². The lowest BCUT2D eigenvalue weighted by molar-refractivity contribution is -0.162. The van der Waals surface area contributed by atoms with Crippen LogP contribution in [0.1, 0.15) is 32.6 Å². The fraction of sp³-hybridized carbons (Fsp3) is 0.556. The Bertz CT molecular complexity index is 617. The van der Waals surface area contributed by atoms with Crippen LogP contribution in [0.2, 0.25) is 0 Å². The summed E-state index contributed by atoms with van der Waals surface area (Å²) in [7, 11) is 0. The summed E-state index contributed by atoms with van der Waals surface area (Å²) >= 11 is 0. The van der Waals surface area contributed by atoms with Gasteiger partial charge in [0.25, 0.3) is 5.91 Å². The van der Waals surface area contributed by atoms with E-state index in [9.17, 15) is 22.8 Å². The molecule has 0 saturated carbocycles. The lowest BCUT2D eigenvalue weighted by atomic mass is 10.3. The van der Waals surface area contributed by atoms with Crippen LogP contribution in [0.25, 0.3) is 0 Å². The van der Waals surface area contributed by atoms with Crippen molar-refractivity contribution >= 4 is 17.5 Å². The minimum atomic E-state index is -4.44. The van der Waals surface area contributed by atoms with E-state index in [0.717, 1.165) is 17.0 Å². The number of nitrogens with zero attached hydrogens (tertiary/aromatic N) is 2. The number of carbonyl (C=O) groups is 2. The Morgan fingerprint density at radius 2 is 1.96 bits per heavy atom. The Morgan fingerprint density at radius 1 is 1.27 bits per heavy atom. The van der Waals surface area contributed by atoms with Crippen LogP contribution in [0.15, 0.2) is 24.3 Å². The molecule has 144 valence electrons. The van der Waals surface area contributed by atoms with Gasteiger partial charge in [0.05, 0.1) is 0 Å². The van der Waals surface area contributed by atoms with E-state index in [1.807, 2.05) is 6.92 Å². The van der Waals surface area contributed by atoms with E-state index in [1.54, 1.807) is 29.2 Å². The molecule has 2 rings (SSSR count). The highest BCUT2D eigenvalue weighted by atomic mass is 19.4. The van der Waals surface area contributed by atoms with Crippen molar-refractivity contribution < 1.29 is 27.5 Å². The molecule has 0 unspecified atom stereocenters. The van der Waals surface area contributed by atoms with Crippen LogP contribution in [0.5, 0.6) is 5.75 Å². The van der Waals surface area contributed by atoms with Crippen molar-refractivity contribution in [2.45, 2.75) is 38.8 Å². The number of halogens is 3. The SMILES string of the molecule is CCCCN(CC(F)(F)F)C(=O)COc1ccc(N2CCCC2=O)cc1. The van der Waals surface area contributed by atoms with Gasteiger partial charge in [-0.1, -0.05) is 13.3 Å². The number of hydrogen-bond acceptors (Lipinski definition) is 3. The fourth-order valence-electron chi connectivity index (χ4n) is 2.74.